The molecule has 12 heavy (non-hydrogen) atoms. The molecule has 0 amide bonds. The predicted molar refractivity (Wildman–Crippen MR) is 46.2 cm³/mol. The van der Waals surface area contributed by atoms with Crippen molar-refractivity contribution >= 4 is 26.6 Å². The van der Waals surface area contributed by atoms with E-state index >= 15 is 0 Å². The van der Waals surface area contributed by atoms with Gasteiger partial charge in [0.15, 0.2) is 0 Å². The first-order chi connectivity index (χ1) is 5.95. The fourth-order valence-electron chi connectivity index (χ4n) is 1.19. The number of rotatable bonds is 0. The van der Waals surface area contributed by atoms with Crippen molar-refractivity contribution in [1.82, 2.24) is 19.6 Å². The fourth-order valence-corrected chi connectivity index (χ4v) is 2.08. The van der Waals surface area contributed by atoms with Crippen molar-refractivity contribution in [3.63, 3.8) is 0 Å². The Labute approximate surface area is 71.5 Å². The molecule has 3 rings (SSSR count). The molecule has 5 heteroatoms. The van der Waals surface area contributed by atoms with Crippen LogP contribution in [0.3, 0.4) is 0 Å². The zero-order chi connectivity index (χ0) is 7.97. The molecular formula is C7H4N4S. The lowest BCUT2D eigenvalue weighted by Crippen LogP contribution is -1.76. The van der Waals surface area contributed by atoms with Crippen molar-refractivity contribution in [3.8, 4) is 0 Å². The molecule has 0 N–H and O–H groups in total. The molecule has 0 fully saturated rings. The SMILES string of the molecule is c1cnc2sc3nncn3c2c1. The summed E-state index contributed by atoms with van der Waals surface area (Å²) in [6.07, 6.45) is 3.49. The van der Waals surface area contributed by atoms with Crippen LogP contribution in [0.4, 0.5) is 0 Å². The van der Waals surface area contributed by atoms with Gasteiger partial charge in [-0.15, -0.1) is 10.2 Å². The second-order valence-corrected chi connectivity index (χ2v) is 3.37. The summed E-state index contributed by atoms with van der Waals surface area (Å²) in [6.45, 7) is 0. The number of hydrogen-bond acceptors (Lipinski definition) is 4. The van der Waals surface area contributed by atoms with E-state index in [1.807, 2.05) is 16.5 Å². The van der Waals surface area contributed by atoms with Crippen molar-refractivity contribution < 1.29 is 0 Å². The van der Waals surface area contributed by atoms with Crippen LogP contribution in [-0.4, -0.2) is 19.6 Å². The minimum atomic E-state index is 0.892. The molecule has 0 spiro atoms. The molecule has 0 bridgehead atoms. The van der Waals surface area contributed by atoms with Crippen LogP contribution in [0, 0.1) is 0 Å². The maximum atomic E-state index is 4.22. The largest absolute Gasteiger partial charge is 0.270 e. The molecule has 3 heterocycles. The summed E-state index contributed by atoms with van der Waals surface area (Å²) in [5.74, 6) is 0. The zero-order valence-electron chi connectivity index (χ0n) is 6.01. The minimum absolute atomic E-state index is 0.892. The predicted octanol–water partition coefficient (Wildman–Crippen LogP) is 1.34. The smallest absolute Gasteiger partial charge is 0.218 e. The fraction of sp³-hybridized carbons (Fsp3) is 0. The molecule has 58 valence electrons. The standard InChI is InChI=1S/C7H4N4S/c1-2-5-6(8-3-1)12-7-10-9-4-11(5)7/h1-4H. The van der Waals surface area contributed by atoms with Crippen LogP contribution in [0.15, 0.2) is 24.7 Å². The number of pyridine rings is 1. The van der Waals surface area contributed by atoms with Gasteiger partial charge in [-0.25, -0.2) is 4.98 Å². The van der Waals surface area contributed by atoms with E-state index in [9.17, 15) is 0 Å². The van der Waals surface area contributed by atoms with Gasteiger partial charge in [0.2, 0.25) is 4.96 Å². The summed E-state index contributed by atoms with van der Waals surface area (Å²) >= 11 is 1.55. The molecule has 3 aromatic rings. The topological polar surface area (TPSA) is 43.1 Å². The molecule has 0 unspecified atom stereocenters. The molecule has 0 saturated carbocycles. The van der Waals surface area contributed by atoms with Gasteiger partial charge in [0.1, 0.15) is 11.2 Å². The van der Waals surface area contributed by atoms with Gasteiger partial charge in [-0.3, -0.25) is 4.40 Å². The van der Waals surface area contributed by atoms with Crippen molar-refractivity contribution in [2.75, 3.05) is 0 Å². The molecular weight excluding hydrogens is 172 g/mol. The third-order valence-electron chi connectivity index (χ3n) is 1.72. The quantitative estimate of drug-likeness (QED) is 0.519. The van der Waals surface area contributed by atoms with E-state index in [1.54, 1.807) is 23.9 Å². The first kappa shape index (κ1) is 6.07. The van der Waals surface area contributed by atoms with Gasteiger partial charge < -0.3 is 0 Å². The van der Waals surface area contributed by atoms with E-state index < -0.39 is 0 Å². The monoisotopic (exact) mass is 176 g/mol. The van der Waals surface area contributed by atoms with Crippen molar-refractivity contribution in [3.05, 3.63) is 24.7 Å². The Morgan fingerprint density at radius 1 is 1.42 bits per heavy atom. The van der Waals surface area contributed by atoms with E-state index in [0.29, 0.717) is 0 Å². The van der Waals surface area contributed by atoms with Gasteiger partial charge in [-0.2, -0.15) is 0 Å². The van der Waals surface area contributed by atoms with Gasteiger partial charge in [0.05, 0.1) is 5.52 Å². The Bertz CT molecular complexity index is 537. The summed E-state index contributed by atoms with van der Waals surface area (Å²) in [5, 5.41) is 7.75. The van der Waals surface area contributed by atoms with Gasteiger partial charge in [0, 0.05) is 6.20 Å². The molecule has 0 saturated heterocycles. The summed E-state index contributed by atoms with van der Waals surface area (Å²) < 4.78 is 1.94. The molecule has 0 aliphatic rings. The normalized spacial score (nSPS) is 11.3. The molecule has 0 radical (unpaired) electrons. The highest BCUT2D eigenvalue weighted by Crippen LogP contribution is 2.21. The number of fused-ring (bicyclic) bond motifs is 3. The maximum absolute atomic E-state index is 4.22. The lowest BCUT2D eigenvalue weighted by molar-refractivity contribution is 1.11. The first-order valence-electron chi connectivity index (χ1n) is 3.48. The van der Waals surface area contributed by atoms with Gasteiger partial charge in [-0.1, -0.05) is 11.3 Å². The van der Waals surface area contributed by atoms with E-state index in [-0.39, 0.29) is 0 Å². The summed E-state index contributed by atoms with van der Waals surface area (Å²) in [7, 11) is 0. The second-order valence-electron chi connectivity index (χ2n) is 2.41. The Kier molecular flexibility index (Phi) is 1.02. The Morgan fingerprint density at radius 2 is 2.42 bits per heavy atom. The average Bonchev–Trinajstić information content (AvgIpc) is 2.62. The highest BCUT2D eigenvalue weighted by molar-refractivity contribution is 7.23. The van der Waals surface area contributed by atoms with Crippen LogP contribution in [0.5, 0.6) is 0 Å². The summed E-state index contributed by atoms with van der Waals surface area (Å²) in [6, 6.07) is 3.92. The lowest BCUT2D eigenvalue weighted by atomic mass is 10.4. The molecule has 0 aromatic carbocycles. The third kappa shape index (κ3) is 0.634. The van der Waals surface area contributed by atoms with Gasteiger partial charge >= 0.3 is 0 Å². The van der Waals surface area contributed by atoms with Gasteiger partial charge in [0.25, 0.3) is 0 Å². The zero-order valence-corrected chi connectivity index (χ0v) is 6.82. The highest BCUT2D eigenvalue weighted by Gasteiger charge is 2.04. The Hall–Kier alpha value is -1.49. The Balaban J connectivity index is 2.68. The van der Waals surface area contributed by atoms with Gasteiger partial charge in [-0.05, 0) is 12.1 Å². The molecule has 0 atom stereocenters. The van der Waals surface area contributed by atoms with Crippen molar-refractivity contribution in [1.29, 1.82) is 0 Å². The van der Waals surface area contributed by atoms with Crippen LogP contribution >= 0.6 is 11.3 Å². The van der Waals surface area contributed by atoms with Crippen LogP contribution in [0.1, 0.15) is 0 Å². The van der Waals surface area contributed by atoms with Crippen LogP contribution in [-0.2, 0) is 0 Å². The summed E-state index contributed by atoms with van der Waals surface area (Å²) in [4.78, 5) is 6.12. The van der Waals surface area contributed by atoms with E-state index in [2.05, 4.69) is 15.2 Å². The number of nitrogens with zero attached hydrogens (tertiary/aromatic N) is 4. The second kappa shape index (κ2) is 2.01. The van der Waals surface area contributed by atoms with E-state index in [1.165, 1.54) is 0 Å². The third-order valence-corrected chi connectivity index (χ3v) is 2.68. The average molecular weight is 176 g/mol. The minimum Gasteiger partial charge on any atom is -0.270 e. The first-order valence-corrected chi connectivity index (χ1v) is 4.30. The van der Waals surface area contributed by atoms with Crippen LogP contribution < -0.4 is 0 Å². The lowest BCUT2D eigenvalue weighted by Gasteiger charge is -1.85. The van der Waals surface area contributed by atoms with Crippen molar-refractivity contribution in [2.45, 2.75) is 0 Å². The molecule has 0 aliphatic heterocycles. The van der Waals surface area contributed by atoms with Crippen molar-refractivity contribution in [2.24, 2.45) is 0 Å². The number of thiazole rings is 1. The summed E-state index contributed by atoms with van der Waals surface area (Å²) in [5.41, 5.74) is 1.07. The van der Waals surface area contributed by atoms with E-state index in [0.717, 1.165) is 15.3 Å². The molecule has 0 aliphatic carbocycles. The number of aromatic nitrogens is 4. The van der Waals surface area contributed by atoms with E-state index in [4.69, 9.17) is 0 Å². The Morgan fingerprint density at radius 3 is 3.42 bits per heavy atom. The maximum Gasteiger partial charge on any atom is 0.218 e. The van der Waals surface area contributed by atoms with Crippen LogP contribution in [0.2, 0.25) is 0 Å². The van der Waals surface area contributed by atoms with Crippen LogP contribution in [0.25, 0.3) is 15.3 Å². The molecule has 4 nitrogen and oxygen atoms in total. The molecule has 3 aromatic heterocycles. The highest BCUT2D eigenvalue weighted by atomic mass is 32.1. The number of hydrogen-bond donors (Lipinski definition) is 0.